The number of rotatable bonds is 9. The predicted molar refractivity (Wildman–Crippen MR) is 143 cm³/mol. The first kappa shape index (κ1) is 24.4. The van der Waals surface area contributed by atoms with Gasteiger partial charge < -0.3 is 11.1 Å². The summed E-state index contributed by atoms with van der Waals surface area (Å²) in [6.45, 7) is 0. The van der Waals surface area contributed by atoms with Crippen LogP contribution in [0.2, 0.25) is 0 Å². The van der Waals surface area contributed by atoms with Crippen molar-refractivity contribution in [3.05, 3.63) is 142 Å². The van der Waals surface area contributed by atoms with Gasteiger partial charge >= 0.3 is 0 Å². The second kappa shape index (κ2) is 11.2. The number of carbonyl (C=O) groups excluding carboxylic acids is 2. The molecule has 0 aliphatic heterocycles. The van der Waals surface area contributed by atoms with Gasteiger partial charge in [-0.05, 0) is 28.3 Å². The van der Waals surface area contributed by atoms with Crippen molar-refractivity contribution < 1.29 is 9.59 Å². The summed E-state index contributed by atoms with van der Waals surface area (Å²) >= 11 is 3.52. The van der Waals surface area contributed by atoms with Gasteiger partial charge in [0.1, 0.15) is 6.04 Å². The van der Waals surface area contributed by atoms with Gasteiger partial charge in [-0.1, -0.05) is 125 Å². The topological polar surface area (TPSA) is 72.2 Å². The fourth-order valence-corrected chi connectivity index (χ4v) is 5.01. The number of halogens is 1. The molecule has 1 atom stereocenters. The molecule has 2 amide bonds. The summed E-state index contributed by atoms with van der Waals surface area (Å²) in [7, 11) is 0. The number of primary amides is 1. The molecule has 4 aromatic carbocycles. The molecule has 0 radical (unpaired) electrons. The monoisotopic (exact) mass is 526 g/mol. The first-order valence-electron chi connectivity index (χ1n) is 11.5. The van der Waals surface area contributed by atoms with E-state index in [1.54, 1.807) is 0 Å². The van der Waals surface area contributed by atoms with Crippen LogP contribution < -0.4 is 11.1 Å². The van der Waals surface area contributed by atoms with E-state index in [4.69, 9.17) is 5.73 Å². The van der Waals surface area contributed by atoms with Crippen LogP contribution in [0.15, 0.2) is 120 Å². The molecule has 0 bridgehead atoms. The third-order valence-corrected chi connectivity index (χ3v) is 7.06. The van der Waals surface area contributed by atoms with Crippen molar-refractivity contribution in [1.29, 1.82) is 0 Å². The van der Waals surface area contributed by atoms with Crippen molar-refractivity contribution in [3.8, 4) is 0 Å². The Hall–Kier alpha value is -3.70. The largest absolute Gasteiger partial charge is 0.368 e. The Bertz CT molecular complexity index is 1180. The summed E-state index contributed by atoms with van der Waals surface area (Å²) in [5, 5.41) is 2.92. The van der Waals surface area contributed by atoms with Crippen LogP contribution in [0.1, 0.15) is 28.7 Å². The van der Waals surface area contributed by atoms with E-state index in [0.717, 1.165) is 26.7 Å². The lowest BCUT2D eigenvalue weighted by Crippen LogP contribution is -2.48. The van der Waals surface area contributed by atoms with Crippen LogP contribution in [0.5, 0.6) is 0 Å². The van der Waals surface area contributed by atoms with E-state index in [9.17, 15) is 9.59 Å². The van der Waals surface area contributed by atoms with E-state index in [-0.39, 0.29) is 12.3 Å². The van der Waals surface area contributed by atoms with E-state index < -0.39 is 17.4 Å². The maximum atomic E-state index is 13.6. The van der Waals surface area contributed by atoms with Gasteiger partial charge in [-0.3, -0.25) is 9.59 Å². The number of nitrogens with two attached hydrogens (primary N) is 1. The number of amides is 2. The maximum absolute atomic E-state index is 13.6. The van der Waals surface area contributed by atoms with Crippen molar-refractivity contribution in [2.24, 2.45) is 5.73 Å². The highest BCUT2D eigenvalue weighted by molar-refractivity contribution is 9.10. The molecule has 4 aromatic rings. The third kappa shape index (κ3) is 5.52. The number of benzene rings is 4. The maximum Gasteiger partial charge on any atom is 0.240 e. The minimum absolute atomic E-state index is 0.116. The van der Waals surface area contributed by atoms with E-state index in [1.807, 2.05) is 115 Å². The molecule has 176 valence electrons. The molecule has 0 aromatic heterocycles. The van der Waals surface area contributed by atoms with Crippen LogP contribution in [0.3, 0.4) is 0 Å². The molecular formula is C30H27BrN2O2. The SMILES string of the molecule is NC(=O)[C@@H](Cc1ccccc1Br)NC(=O)CC(c1ccccc1)(c1ccccc1)c1ccccc1. The second-order valence-electron chi connectivity index (χ2n) is 8.50. The molecule has 4 rings (SSSR count). The summed E-state index contributed by atoms with van der Waals surface area (Å²) in [5.41, 5.74) is 8.85. The van der Waals surface area contributed by atoms with Crippen molar-refractivity contribution in [2.75, 3.05) is 0 Å². The predicted octanol–water partition coefficient (Wildman–Crippen LogP) is 5.39. The van der Waals surface area contributed by atoms with Crippen LogP contribution in [0.25, 0.3) is 0 Å². The lowest BCUT2D eigenvalue weighted by Gasteiger charge is -2.36. The van der Waals surface area contributed by atoms with Crippen molar-refractivity contribution in [3.63, 3.8) is 0 Å². The molecule has 35 heavy (non-hydrogen) atoms. The number of hydrogen-bond acceptors (Lipinski definition) is 2. The summed E-state index contributed by atoms with van der Waals surface area (Å²) < 4.78 is 0.868. The molecule has 0 aliphatic rings. The van der Waals surface area contributed by atoms with Gasteiger partial charge in [-0.2, -0.15) is 0 Å². The van der Waals surface area contributed by atoms with Crippen LogP contribution in [0.4, 0.5) is 0 Å². The smallest absolute Gasteiger partial charge is 0.240 e. The Labute approximate surface area is 214 Å². The quantitative estimate of drug-likeness (QED) is 0.287. The highest BCUT2D eigenvalue weighted by Gasteiger charge is 2.39. The van der Waals surface area contributed by atoms with Gasteiger partial charge in [0.2, 0.25) is 11.8 Å². The second-order valence-corrected chi connectivity index (χ2v) is 9.35. The number of nitrogens with one attached hydrogen (secondary N) is 1. The average molecular weight is 527 g/mol. The Morgan fingerprint density at radius 3 is 1.57 bits per heavy atom. The summed E-state index contributed by atoms with van der Waals surface area (Å²) in [6.07, 6.45) is 0.419. The molecule has 0 saturated carbocycles. The van der Waals surface area contributed by atoms with Gasteiger partial charge in [0.15, 0.2) is 0 Å². The lowest BCUT2D eigenvalue weighted by molar-refractivity contribution is -0.127. The van der Waals surface area contributed by atoms with E-state index >= 15 is 0 Å². The first-order valence-corrected chi connectivity index (χ1v) is 12.3. The molecule has 4 nitrogen and oxygen atoms in total. The molecule has 5 heteroatoms. The fourth-order valence-electron chi connectivity index (χ4n) is 4.57. The molecule has 0 aliphatic carbocycles. The van der Waals surface area contributed by atoms with Gasteiger partial charge in [-0.25, -0.2) is 0 Å². The van der Waals surface area contributed by atoms with Gasteiger partial charge in [-0.15, -0.1) is 0 Å². The lowest BCUT2D eigenvalue weighted by atomic mass is 9.67. The molecule has 3 N–H and O–H groups in total. The molecule has 0 heterocycles. The first-order chi connectivity index (χ1) is 17.0. The zero-order valence-corrected chi connectivity index (χ0v) is 20.8. The molecule has 0 spiro atoms. The third-order valence-electron chi connectivity index (χ3n) is 6.29. The van der Waals surface area contributed by atoms with Gasteiger partial charge in [0, 0.05) is 17.3 Å². The highest BCUT2D eigenvalue weighted by atomic mass is 79.9. The Balaban J connectivity index is 1.74. The zero-order chi connectivity index (χ0) is 24.7. The molecule has 0 unspecified atom stereocenters. The van der Waals surface area contributed by atoms with Crippen LogP contribution in [-0.2, 0) is 21.4 Å². The normalized spacial score (nSPS) is 12.0. The highest BCUT2D eigenvalue weighted by Crippen LogP contribution is 2.42. The number of hydrogen-bond donors (Lipinski definition) is 2. The van der Waals surface area contributed by atoms with Crippen LogP contribution in [0, 0.1) is 0 Å². The summed E-state index contributed by atoms with van der Waals surface area (Å²) in [4.78, 5) is 26.0. The van der Waals surface area contributed by atoms with E-state index in [0.29, 0.717) is 6.42 Å². The van der Waals surface area contributed by atoms with Crippen LogP contribution >= 0.6 is 15.9 Å². The van der Waals surface area contributed by atoms with E-state index in [2.05, 4.69) is 21.2 Å². The molecule has 0 fully saturated rings. The minimum atomic E-state index is -0.832. The standard InChI is InChI=1S/C30H27BrN2O2/c31-26-19-11-10-12-22(26)20-27(29(32)35)33-28(34)21-30(23-13-4-1-5-14-23,24-15-6-2-7-16-24)25-17-8-3-9-18-25/h1-19,27H,20-21H2,(H2,32,35)(H,33,34)/t27-/m1/s1. The van der Waals surface area contributed by atoms with Crippen molar-refractivity contribution in [2.45, 2.75) is 24.3 Å². The fraction of sp³-hybridized carbons (Fsp3) is 0.133. The zero-order valence-electron chi connectivity index (χ0n) is 19.2. The van der Waals surface area contributed by atoms with Gasteiger partial charge in [0.25, 0.3) is 0 Å². The molecule has 0 saturated heterocycles. The average Bonchev–Trinajstić information content (AvgIpc) is 2.89. The Morgan fingerprint density at radius 1 is 0.714 bits per heavy atom. The minimum Gasteiger partial charge on any atom is -0.368 e. The van der Waals surface area contributed by atoms with Gasteiger partial charge in [0.05, 0.1) is 5.41 Å². The molecular weight excluding hydrogens is 500 g/mol. The van der Waals surface area contributed by atoms with Crippen molar-refractivity contribution >= 4 is 27.7 Å². The Kier molecular flexibility index (Phi) is 7.78. The number of carbonyl (C=O) groups is 2. The Morgan fingerprint density at radius 2 is 1.14 bits per heavy atom. The van der Waals surface area contributed by atoms with E-state index in [1.165, 1.54) is 0 Å². The summed E-state index contributed by atoms with van der Waals surface area (Å²) in [6, 6.07) is 36.8. The van der Waals surface area contributed by atoms with Crippen molar-refractivity contribution in [1.82, 2.24) is 5.32 Å². The summed E-state index contributed by atoms with van der Waals surface area (Å²) in [5.74, 6) is -0.823. The van der Waals surface area contributed by atoms with Crippen LogP contribution in [-0.4, -0.2) is 17.9 Å².